The van der Waals surface area contributed by atoms with Gasteiger partial charge in [-0.2, -0.15) is 0 Å². The quantitative estimate of drug-likeness (QED) is 0.923. The second kappa shape index (κ2) is 6.96. The van der Waals surface area contributed by atoms with E-state index in [1.165, 1.54) is 19.1 Å². The van der Waals surface area contributed by atoms with E-state index in [9.17, 15) is 13.6 Å². The first kappa shape index (κ1) is 17.0. The van der Waals surface area contributed by atoms with Crippen molar-refractivity contribution in [2.24, 2.45) is 0 Å². The van der Waals surface area contributed by atoms with E-state index in [-0.39, 0.29) is 18.5 Å². The van der Waals surface area contributed by atoms with Gasteiger partial charge in [0.25, 0.3) is 0 Å². The molecule has 0 aliphatic carbocycles. The summed E-state index contributed by atoms with van der Waals surface area (Å²) in [6, 6.07) is 6.80. The lowest BCUT2D eigenvalue weighted by molar-refractivity contribution is 0.204. The molecule has 2 aromatic carbocycles. The van der Waals surface area contributed by atoms with Crippen molar-refractivity contribution >= 4 is 11.7 Å². The highest BCUT2D eigenvalue weighted by atomic mass is 19.1. The van der Waals surface area contributed by atoms with Gasteiger partial charge in [0.2, 0.25) is 0 Å². The third kappa shape index (κ3) is 3.35. The summed E-state index contributed by atoms with van der Waals surface area (Å²) < 4.78 is 38.1. The van der Waals surface area contributed by atoms with Gasteiger partial charge in [-0.1, -0.05) is 0 Å². The van der Waals surface area contributed by atoms with Crippen molar-refractivity contribution in [2.45, 2.75) is 13.0 Å². The Bertz CT molecular complexity index is 811. The van der Waals surface area contributed by atoms with Crippen LogP contribution in [0.15, 0.2) is 30.3 Å². The summed E-state index contributed by atoms with van der Waals surface area (Å²) in [6.07, 6.45) is 0.270. The van der Waals surface area contributed by atoms with E-state index in [0.29, 0.717) is 29.3 Å². The minimum absolute atomic E-state index is 0.0171. The SMILES string of the molecule is COc1ccc(NC(=O)N2CCc3c(F)ccc(F)c3C2)c(OC)c1. The summed E-state index contributed by atoms with van der Waals surface area (Å²) >= 11 is 0. The molecular formula is C18H18F2N2O3. The van der Waals surface area contributed by atoms with Crippen molar-refractivity contribution in [1.82, 2.24) is 4.90 Å². The highest BCUT2D eigenvalue weighted by Crippen LogP contribution is 2.30. The van der Waals surface area contributed by atoms with Crippen molar-refractivity contribution in [1.29, 1.82) is 0 Å². The number of carbonyl (C=O) groups excluding carboxylic acids is 1. The normalized spacial score (nSPS) is 13.2. The average molecular weight is 348 g/mol. The largest absolute Gasteiger partial charge is 0.497 e. The average Bonchev–Trinajstić information content (AvgIpc) is 2.64. The summed E-state index contributed by atoms with van der Waals surface area (Å²) in [5.41, 5.74) is 1.04. The predicted octanol–water partition coefficient (Wildman–Crippen LogP) is 3.57. The molecule has 1 N–H and O–H groups in total. The summed E-state index contributed by atoms with van der Waals surface area (Å²) in [6.45, 7) is 0.320. The molecule has 0 unspecified atom stereocenters. The van der Waals surface area contributed by atoms with Gasteiger partial charge in [-0.15, -0.1) is 0 Å². The van der Waals surface area contributed by atoms with Crippen LogP contribution in [0.2, 0.25) is 0 Å². The fraction of sp³-hybridized carbons (Fsp3) is 0.278. The molecule has 7 heteroatoms. The van der Waals surface area contributed by atoms with E-state index in [0.717, 1.165) is 12.1 Å². The lowest BCUT2D eigenvalue weighted by Gasteiger charge is -2.29. The van der Waals surface area contributed by atoms with Crippen molar-refractivity contribution in [3.8, 4) is 11.5 Å². The Morgan fingerprint density at radius 2 is 1.80 bits per heavy atom. The Labute approximate surface area is 144 Å². The highest BCUT2D eigenvalue weighted by Gasteiger charge is 2.25. The Balaban J connectivity index is 1.78. The number of nitrogens with one attached hydrogen (secondary N) is 1. The number of carbonyl (C=O) groups is 1. The van der Waals surface area contributed by atoms with E-state index < -0.39 is 17.7 Å². The zero-order valence-electron chi connectivity index (χ0n) is 13.9. The van der Waals surface area contributed by atoms with Gasteiger partial charge >= 0.3 is 6.03 Å². The van der Waals surface area contributed by atoms with Crippen LogP contribution in [0.1, 0.15) is 11.1 Å². The zero-order chi connectivity index (χ0) is 18.0. The van der Waals surface area contributed by atoms with Crippen LogP contribution in [0, 0.1) is 11.6 Å². The van der Waals surface area contributed by atoms with Crippen LogP contribution in [0.4, 0.5) is 19.3 Å². The van der Waals surface area contributed by atoms with Crippen LogP contribution >= 0.6 is 0 Å². The maximum Gasteiger partial charge on any atom is 0.322 e. The van der Waals surface area contributed by atoms with Gasteiger partial charge in [-0.05, 0) is 36.2 Å². The summed E-state index contributed by atoms with van der Waals surface area (Å²) in [4.78, 5) is 13.9. The van der Waals surface area contributed by atoms with Crippen LogP contribution in [-0.4, -0.2) is 31.7 Å². The molecule has 0 bridgehead atoms. The molecule has 25 heavy (non-hydrogen) atoms. The number of amides is 2. The number of fused-ring (bicyclic) bond motifs is 1. The number of hydrogen-bond acceptors (Lipinski definition) is 3. The Morgan fingerprint density at radius 1 is 1.08 bits per heavy atom. The standard InChI is InChI=1S/C18H18F2N2O3/c1-24-11-3-6-16(17(9-11)25-2)21-18(23)22-8-7-12-13(10-22)15(20)5-4-14(12)19/h3-6,9H,7-8,10H2,1-2H3,(H,21,23). The van der Waals surface area contributed by atoms with Crippen molar-refractivity contribution in [3.63, 3.8) is 0 Å². The number of halogens is 2. The zero-order valence-corrected chi connectivity index (χ0v) is 13.9. The van der Waals surface area contributed by atoms with Gasteiger partial charge in [0.05, 0.1) is 26.5 Å². The molecule has 2 aromatic rings. The molecule has 2 amide bonds. The van der Waals surface area contributed by atoms with Gasteiger partial charge in [-0.3, -0.25) is 0 Å². The molecule has 0 saturated carbocycles. The van der Waals surface area contributed by atoms with Crippen LogP contribution in [0.25, 0.3) is 0 Å². The monoisotopic (exact) mass is 348 g/mol. The van der Waals surface area contributed by atoms with E-state index in [1.54, 1.807) is 18.2 Å². The molecule has 1 aliphatic rings. The minimum Gasteiger partial charge on any atom is -0.497 e. The first-order valence-electron chi connectivity index (χ1n) is 7.77. The first-order valence-corrected chi connectivity index (χ1v) is 7.77. The summed E-state index contributed by atoms with van der Waals surface area (Å²) in [5.74, 6) is 0.103. The predicted molar refractivity (Wildman–Crippen MR) is 89.0 cm³/mol. The fourth-order valence-electron chi connectivity index (χ4n) is 2.86. The number of urea groups is 1. The van der Waals surface area contributed by atoms with E-state index in [4.69, 9.17) is 9.47 Å². The molecule has 0 fully saturated rings. The first-order chi connectivity index (χ1) is 12.0. The molecule has 0 radical (unpaired) electrons. The van der Waals surface area contributed by atoms with Crippen molar-refractivity contribution in [2.75, 3.05) is 26.1 Å². The maximum atomic E-state index is 14.0. The third-order valence-corrected chi connectivity index (χ3v) is 4.24. The number of benzene rings is 2. The smallest absolute Gasteiger partial charge is 0.322 e. The lowest BCUT2D eigenvalue weighted by Crippen LogP contribution is -2.39. The number of nitrogens with zero attached hydrogens (tertiary/aromatic N) is 1. The minimum atomic E-state index is -0.504. The van der Waals surface area contributed by atoms with Gasteiger partial charge in [0.15, 0.2) is 0 Å². The van der Waals surface area contributed by atoms with Gasteiger partial charge in [0, 0.05) is 18.2 Å². The molecule has 0 saturated heterocycles. The van der Waals surface area contributed by atoms with E-state index in [2.05, 4.69) is 5.32 Å². The number of rotatable bonds is 3. The fourth-order valence-corrected chi connectivity index (χ4v) is 2.86. The van der Waals surface area contributed by atoms with Gasteiger partial charge in [-0.25, -0.2) is 13.6 Å². The molecular weight excluding hydrogens is 330 g/mol. The third-order valence-electron chi connectivity index (χ3n) is 4.24. The van der Waals surface area contributed by atoms with E-state index >= 15 is 0 Å². The van der Waals surface area contributed by atoms with Crippen LogP contribution in [0.3, 0.4) is 0 Å². The lowest BCUT2D eigenvalue weighted by atomic mass is 9.99. The van der Waals surface area contributed by atoms with Gasteiger partial charge in [0.1, 0.15) is 23.1 Å². The molecule has 0 aromatic heterocycles. The maximum absolute atomic E-state index is 14.0. The molecule has 3 rings (SSSR count). The van der Waals surface area contributed by atoms with Crippen LogP contribution < -0.4 is 14.8 Å². The Kier molecular flexibility index (Phi) is 4.74. The summed E-state index contributed by atoms with van der Waals surface area (Å²) in [7, 11) is 3.02. The van der Waals surface area contributed by atoms with Crippen LogP contribution in [0.5, 0.6) is 11.5 Å². The molecule has 0 spiro atoms. The van der Waals surface area contributed by atoms with E-state index in [1.807, 2.05) is 0 Å². The number of ether oxygens (including phenoxy) is 2. The Morgan fingerprint density at radius 3 is 2.48 bits per heavy atom. The highest BCUT2D eigenvalue weighted by molar-refractivity contribution is 5.91. The second-order valence-electron chi connectivity index (χ2n) is 5.65. The molecule has 5 nitrogen and oxygen atoms in total. The van der Waals surface area contributed by atoms with Gasteiger partial charge < -0.3 is 19.7 Å². The molecule has 1 aliphatic heterocycles. The van der Waals surface area contributed by atoms with Crippen LogP contribution in [-0.2, 0) is 13.0 Å². The van der Waals surface area contributed by atoms with Crippen molar-refractivity contribution < 1.29 is 23.0 Å². The Hall–Kier alpha value is -2.83. The molecule has 132 valence electrons. The topological polar surface area (TPSA) is 50.8 Å². The second-order valence-corrected chi connectivity index (χ2v) is 5.65. The number of hydrogen-bond donors (Lipinski definition) is 1. The van der Waals surface area contributed by atoms with Crippen molar-refractivity contribution in [3.05, 3.63) is 53.1 Å². The number of methoxy groups -OCH3 is 2. The molecule has 1 heterocycles. The molecule has 0 atom stereocenters. The summed E-state index contributed by atoms with van der Waals surface area (Å²) in [5, 5.41) is 2.74. The number of anilines is 1.